The standard InChI is InChI=1S/C17H22O6/c1-9-4-13-16(7-18,5-11(9)20)15(3)6-12(22-10(2)19)14(23-13)17(15)8-21-17/h4,12-14,18H,5-8H2,1-3H3/t12-,13+,14+,15+,16+,17?/m1/s1. The van der Waals surface area contributed by atoms with Crippen LogP contribution in [0.4, 0.5) is 0 Å². The number of hydrogen-bond acceptors (Lipinski definition) is 6. The Balaban J connectivity index is 1.83. The molecular weight excluding hydrogens is 300 g/mol. The van der Waals surface area contributed by atoms with Gasteiger partial charge in [-0.05, 0) is 25.0 Å². The first-order valence-corrected chi connectivity index (χ1v) is 8.09. The first-order valence-electron chi connectivity index (χ1n) is 8.09. The summed E-state index contributed by atoms with van der Waals surface area (Å²) in [5.74, 6) is -0.320. The lowest BCUT2D eigenvalue weighted by Crippen LogP contribution is -2.65. The summed E-state index contributed by atoms with van der Waals surface area (Å²) >= 11 is 0. The largest absolute Gasteiger partial charge is 0.460 e. The van der Waals surface area contributed by atoms with Crippen molar-refractivity contribution < 1.29 is 28.9 Å². The van der Waals surface area contributed by atoms with Crippen LogP contribution in [-0.2, 0) is 23.8 Å². The maximum absolute atomic E-state index is 12.4. The predicted molar refractivity (Wildman–Crippen MR) is 78.5 cm³/mol. The Hall–Kier alpha value is -1.24. The average molecular weight is 322 g/mol. The van der Waals surface area contributed by atoms with Gasteiger partial charge in [0, 0.05) is 24.2 Å². The van der Waals surface area contributed by atoms with Crippen molar-refractivity contribution in [3.63, 3.8) is 0 Å². The number of carbonyl (C=O) groups is 2. The van der Waals surface area contributed by atoms with E-state index in [1.807, 2.05) is 13.0 Å². The van der Waals surface area contributed by atoms with Crippen LogP contribution in [0.1, 0.15) is 33.6 Å². The molecule has 1 unspecified atom stereocenters. The number of epoxide rings is 1. The van der Waals surface area contributed by atoms with Crippen LogP contribution in [0, 0.1) is 10.8 Å². The molecular formula is C17H22O6. The summed E-state index contributed by atoms with van der Waals surface area (Å²) in [5, 5.41) is 10.3. The highest BCUT2D eigenvalue weighted by Gasteiger charge is 2.82. The molecule has 23 heavy (non-hydrogen) atoms. The number of ketones is 1. The van der Waals surface area contributed by atoms with Gasteiger partial charge in [-0.1, -0.05) is 6.92 Å². The van der Waals surface area contributed by atoms with Crippen LogP contribution in [0.5, 0.6) is 0 Å². The van der Waals surface area contributed by atoms with Crippen molar-refractivity contribution in [1.29, 1.82) is 0 Å². The topological polar surface area (TPSA) is 85.4 Å². The van der Waals surface area contributed by atoms with Crippen LogP contribution < -0.4 is 0 Å². The summed E-state index contributed by atoms with van der Waals surface area (Å²) in [5.41, 5.74) is -1.11. The summed E-state index contributed by atoms with van der Waals surface area (Å²) in [6, 6.07) is 0. The minimum atomic E-state index is -0.731. The van der Waals surface area contributed by atoms with Gasteiger partial charge in [-0.25, -0.2) is 0 Å². The molecule has 2 heterocycles. The van der Waals surface area contributed by atoms with Crippen molar-refractivity contribution in [3.05, 3.63) is 11.6 Å². The zero-order valence-corrected chi connectivity index (χ0v) is 13.6. The van der Waals surface area contributed by atoms with Crippen molar-refractivity contribution in [3.8, 4) is 0 Å². The molecule has 1 saturated carbocycles. The Bertz CT molecular complexity index is 621. The molecule has 0 amide bonds. The molecule has 0 aromatic rings. The van der Waals surface area contributed by atoms with Crippen LogP contribution >= 0.6 is 0 Å². The molecule has 3 fully saturated rings. The van der Waals surface area contributed by atoms with E-state index < -0.39 is 22.5 Å². The maximum atomic E-state index is 12.4. The number of aliphatic hydroxyl groups is 1. The molecule has 2 bridgehead atoms. The fraction of sp³-hybridized carbons (Fsp3) is 0.765. The number of ether oxygens (including phenoxy) is 3. The lowest BCUT2D eigenvalue weighted by atomic mass is 9.52. The van der Waals surface area contributed by atoms with Gasteiger partial charge >= 0.3 is 5.97 Å². The number of esters is 1. The number of fused-ring (bicyclic) bond motifs is 2. The van der Waals surface area contributed by atoms with E-state index in [1.165, 1.54) is 6.92 Å². The van der Waals surface area contributed by atoms with Crippen LogP contribution in [0.25, 0.3) is 0 Å². The molecule has 0 radical (unpaired) electrons. The van der Waals surface area contributed by atoms with E-state index in [9.17, 15) is 14.7 Å². The van der Waals surface area contributed by atoms with Gasteiger partial charge < -0.3 is 19.3 Å². The van der Waals surface area contributed by atoms with Crippen molar-refractivity contribution in [1.82, 2.24) is 0 Å². The fourth-order valence-corrected chi connectivity index (χ4v) is 5.16. The highest BCUT2D eigenvalue weighted by atomic mass is 16.7. The average Bonchev–Trinajstić information content (AvgIpc) is 3.24. The summed E-state index contributed by atoms with van der Waals surface area (Å²) in [6.45, 7) is 5.56. The maximum Gasteiger partial charge on any atom is 0.302 e. The predicted octanol–water partition coefficient (Wildman–Crippen LogP) is 0.762. The fourth-order valence-electron chi connectivity index (χ4n) is 5.16. The molecule has 126 valence electrons. The van der Waals surface area contributed by atoms with Crippen LogP contribution in [-0.4, -0.2) is 54.0 Å². The van der Waals surface area contributed by atoms with Gasteiger partial charge in [0.15, 0.2) is 5.78 Å². The molecule has 2 aliphatic heterocycles. The van der Waals surface area contributed by atoms with E-state index in [-0.39, 0.29) is 37.0 Å². The summed E-state index contributed by atoms with van der Waals surface area (Å²) in [7, 11) is 0. The highest BCUT2D eigenvalue weighted by molar-refractivity contribution is 5.96. The molecule has 6 nitrogen and oxygen atoms in total. The number of allylic oxidation sites excluding steroid dienone is 1. The number of aliphatic hydroxyl groups excluding tert-OH is 1. The van der Waals surface area contributed by atoms with E-state index >= 15 is 0 Å². The zero-order valence-electron chi connectivity index (χ0n) is 13.6. The van der Waals surface area contributed by atoms with Gasteiger partial charge in [0.2, 0.25) is 0 Å². The minimum absolute atomic E-state index is 0.0327. The van der Waals surface area contributed by atoms with Gasteiger partial charge in [-0.15, -0.1) is 0 Å². The van der Waals surface area contributed by atoms with Crippen LogP contribution in [0.3, 0.4) is 0 Å². The zero-order chi connectivity index (χ0) is 16.6. The number of Topliss-reactive ketones (excluding diaryl/α,β-unsaturated/α-hetero) is 1. The van der Waals surface area contributed by atoms with Crippen molar-refractivity contribution >= 4 is 11.8 Å². The third kappa shape index (κ3) is 1.64. The second-order valence-corrected chi connectivity index (χ2v) is 7.60. The first-order chi connectivity index (χ1) is 10.8. The van der Waals surface area contributed by atoms with E-state index in [1.54, 1.807) is 6.92 Å². The lowest BCUT2D eigenvalue weighted by molar-refractivity contribution is -0.217. The SMILES string of the molecule is CC(=O)O[C@@H]1C[C@]2(C)C3(CO3)[C@H]1O[C@H]1C=C(C)C(=O)C[C@]12CO. The Kier molecular flexibility index (Phi) is 2.95. The Morgan fingerprint density at radius 3 is 2.78 bits per heavy atom. The summed E-state index contributed by atoms with van der Waals surface area (Å²) in [4.78, 5) is 23.8. The van der Waals surface area contributed by atoms with E-state index in [4.69, 9.17) is 14.2 Å². The van der Waals surface area contributed by atoms with E-state index in [2.05, 4.69) is 0 Å². The smallest absolute Gasteiger partial charge is 0.302 e. The minimum Gasteiger partial charge on any atom is -0.460 e. The van der Waals surface area contributed by atoms with Crippen molar-refractivity contribution in [2.45, 2.75) is 57.5 Å². The Morgan fingerprint density at radius 2 is 2.22 bits per heavy atom. The molecule has 6 heteroatoms. The molecule has 1 spiro atoms. The number of hydrogen-bond donors (Lipinski definition) is 1. The summed E-state index contributed by atoms with van der Waals surface area (Å²) < 4.78 is 17.6. The third-order valence-corrected chi connectivity index (χ3v) is 6.65. The molecule has 2 saturated heterocycles. The molecule has 4 rings (SSSR count). The molecule has 4 aliphatic rings. The van der Waals surface area contributed by atoms with Gasteiger partial charge in [-0.2, -0.15) is 0 Å². The van der Waals surface area contributed by atoms with Gasteiger partial charge in [0.05, 0.1) is 19.3 Å². The quantitative estimate of drug-likeness (QED) is 0.597. The van der Waals surface area contributed by atoms with Crippen LogP contribution in [0.15, 0.2) is 11.6 Å². The van der Waals surface area contributed by atoms with Crippen molar-refractivity contribution in [2.75, 3.05) is 13.2 Å². The monoisotopic (exact) mass is 322 g/mol. The van der Waals surface area contributed by atoms with Gasteiger partial charge in [-0.3, -0.25) is 9.59 Å². The number of rotatable bonds is 2. The second-order valence-electron chi connectivity index (χ2n) is 7.60. The Morgan fingerprint density at radius 1 is 1.52 bits per heavy atom. The second kappa shape index (κ2) is 4.43. The highest BCUT2D eigenvalue weighted by Crippen LogP contribution is 2.71. The van der Waals surface area contributed by atoms with E-state index in [0.29, 0.717) is 18.6 Å². The van der Waals surface area contributed by atoms with E-state index in [0.717, 1.165) is 0 Å². The number of carbonyl (C=O) groups excluding carboxylic acids is 2. The molecule has 6 atom stereocenters. The Labute approximate surface area is 134 Å². The first kappa shape index (κ1) is 15.3. The molecule has 1 N–H and O–H groups in total. The molecule has 0 aromatic heterocycles. The normalized spacial score (nSPS) is 50.5. The summed E-state index contributed by atoms with van der Waals surface area (Å²) in [6.07, 6.45) is 1.47. The molecule has 0 aromatic carbocycles. The van der Waals surface area contributed by atoms with Gasteiger partial charge in [0.1, 0.15) is 17.8 Å². The third-order valence-electron chi connectivity index (χ3n) is 6.65. The van der Waals surface area contributed by atoms with Crippen LogP contribution in [0.2, 0.25) is 0 Å². The molecule has 2 aliphatic carbocycles. The van der Waals surface area contributed by atoms with Crippen molar-refractivity contribution in [2.24, 2.45) is 10.8 Å². The van der Waals surface area contributed by atoms with Gasteiger partial charge in [0.25, 0.3) is 0 Å². The lowest BCUT2D eigenvalue weighted by Gasteiger charge is -2.56.